The van der Waals surface area contributed by atoms with Crippen molar-refractivity contribution in [3.05, 3.63) is 29.3 Å². The SMILES string of the molecule is CC(C)(C)N1CC2CCC1CN2c1ccc2c(c1)CN(C1CCC(=O)NC1=O)C2=O. The Morgan fingerprint density at radius 1 is 0.967 bits per heavy atom. The lowest BCUT2D eigenvalue weighted by atomic mass is 9.86. The van der Waals surface area contributed by atoms with Crippen LogP contribution in [0, 0.1) is 0 Å². The van der Waals surface area contributed by atoms with Gasteiger partial charge in [0.1, 0.15) is 6.04 Å². The second-order valence-corrected chi connectivity index (χ2v) is 10.1. The number of nitrogens with one attached hydrogen (secondary N) is 1. The fraction of sp³-hybridized carbons (Fsp3) is 0.609. The Morgan fingerprint density at radius 3 is 2.40 bits per heavy atom. The highest BCUT2D eigenvalue weighted by molar-refractivity contribution is 6.05. The minimum absolute atomic E-state index is 0.106. The van der Waals surface area contributed by atoms with Crippen molar-refractivity contribution in [1.29, 1.82) is 0 Å². The number of carbonyl (C=O) groups is 3. The molecule has 7 heteroatoms. The van der Waals surface area contributed by atoms with Crippen LogP contribution >= 0.6 is 0 Å². The van der Waals surface area contributed by atoms with E-state index < -0.39 is 6.04 Å². The predicted octanol–water partition coefficient (Wildman–Crippen LogP) is 1.90. The van der Waals surface area contributed by atoms with Gasteiger partial charge < -0.3 is 9.80 Å². The Morgan fingerprint density at radius 2 is 1.73 bits per heavy atom. The second kappa shape index (κ2) is 6.80. The van der Waals surface area contributed by atoms with Gasteiger partial charge in [-0.15, -0.1) is 0 Å². The van der Waals surface area contributed by atoms with Crippen molar-refractivity contribution in [2.24, 2.45) is 0 Å². The van der Waals surface area contributed by atoms with Crippen LogP contribution < -0.4 is 10.2 Å². The van der Waals surface area contributed by atoms with Gasteiger partial charge >= 0.3 is 0 Å². The van der Waals surface area contributed by atoms with E-state index >= 15 is 0 Å². The van der Waals surface area contributed by atoms with Gasteiger partial charge in [0.05, 0.1) is 0 Å². The predicted molar refractivity (Wildman–Crippen MR) is 113 cm³/mol. The summed E-state index contributed by atoms with van der Waals surface area (Å²) in [4.78, 5) is 43.4. The van der Waals surface area contributed by atoms with Gasteiger partial charge in [0.2, 0.25) is 11.8 Å². The summed E-state index contributed by atoms with van der Waals surface area (Å²) in [6.45, 7) is 9.41. The van der Waals surface area contributed by atoms with E-state index in [-0.39, 0.29) is 29.7 Å². The average molecular weight is 411 g/mol. The van der Waals surface area contributed by atoms with Gasteiger partial charge in [0, 0.05) is 54.9 Å². The summed E-state index contributed by atoms with van der Waals surface area (Å²) in [7, 11) is 0. The number of hydrogen-bond acceptors (Lipinski definition) is 5. The number of piperidine rings is 3. The summed E-state index contributed by atoms with van der Waals surface area (Å²) in [5, 5.41) is 2.37. The number of benzene rings is 1. The molecule has 1 aromatic carbocycles. The normalized spacial score (nSPS) is 29.4. The van der Waals surface area contributed by atoms with Crippen molar-refractivity contribution < 1.29 is 14.4 Å². The molecule has 1 aromatic rings. The summed E-state index contributed by atoms with van der Waals surface area (Å²) >= 11 is 0. The molecule has 3 unspecified atom stereocenters. The van der Waals surface area contributed by atoms with Gasteiger partial charge in [-0.3, -0.25) is 24.6 Å². The molecule has 2 bridgehead atoms. The monoisotopic (exact) mass is 410 g/mol. The van der Waals surface area contributed by atoms with E-state index in [4.69, 9.17) is 0 Å². The number of fused-ring (bicyclic) bond motifs is 4. The smallest absolute Gasteiger partial charge is 0.255 e. The largest absolute Gasteiger partial charge is 0.366 e. The number of amides is 3. The molecule has 0 radical (unpaired) electrons. The minimum Gasteiger partial charge on any atom is -0.366 e. The van der Waals surface area contributed by atoms with Gasteiger partial charge in [0.15, 0.2) is 0 Å². The van der Waals surface area contributed by atoms with Crippen LogP contribution in [-0.4, -0.2) is 64.3 Å². The highest BCUT2D eigenvalue weighted by Gasteiger charge is 2.44. The topological polar surface area (TPSA) is 73.0 Å². The van der Waals surface area contributed by atoms with Crippen molar-refractivity contribution in [3.8, 4) is 0 Å². The first-order valence-electron chi connectivity index (χ1n) is 11.0. The molecule has 160 valence electrons. The molecule has 6 rings (SSSR count). The van der Waals surface area contributed by atoms with E-state index in [1.54, 1.807) is 4.90 Å². The number of piperazine rings is 1. The van der Waals surface area contributed by atoms with Crippen molar-refractivity contribution >= 4 is 23.4 Å². The fourth-order valence-electron chi connectivity index (χ4n) is 5.71. The van der Waals surface area contributed by atoms with Crippen LogP contribution in [-0.2, 0) is 16.1 Å². The molecule has 0 aromatic heterocycles. The van der Waals surface area contributed by atoms with E-state index in [9.17, 15) is 14.4 Å². The first kappa shape index (κ1) is 19.5. The number of carbonyl (C=O) groups excluding carboxylic acids is 3. The quantitative estimate of drug-likeness (QED) is 0.754. The molecule has 30 heavy (non-hydrogen) atoms. The molecule has 7 nitrogen and oxygen atoms in total. The lowest BCUT2D eigenvalue weighted by Crippen LogP contribution is -2.66. The Labute approximate surface area is 177 Å². The zero-order chi connectivity index (χ0) is 21.2. The molecule has 5 aliphatic rings. The number of anilines is 1. The Bertz CT molecular complexity index is 922. The van der Waals surface area contributed by atoms with Gasteiger partial charge in [-0.25, -0.2) is 0 Å². The van der Waals surface area contributed by atoms with Crippen molar-refractivity contribution in [3.63, 3.8) is 0 Å². The molecule has 4 saturated heterocycles. The summed E-state index contributed by atoms with van der Waals surface area (Å²) < 4.78 is 0. The van der Waals surface area contributed by atoms with E-state index in [2.05, 4.69) is 48.0 Å². The van der Waals surface area contributed by atoms with Crippen LogP contribution in [0.15, 0.2) is 18.2 Å². The standard InChI is InChI=1S/C23H30N4O3/c1-23(2,3)27-13-16-4-5-17(27)12-25(16)15-6-7-18-14(10-15)11-26(22(18)30)19-8-9-20(28)24-21(19)29/h6-7,10,16-17,19H,4-5,8-9,11-13H2,1-3H3,(H,24,28,29). The molecule has 0 saturated carbocycles. The molecule has 3 atom stereocenters. The summed E-state index contributed by atoms with van der Waals surface area (Å²) in [6, 6.07) is 6.62. The molecule has 0 spiro atoms. The number of hydrogen-bond donors (Lipinski definition) is 1. The van der Waals surface area contributed by atoms with Crippen LogP contribution in [0.25, 0.3) is 0 Å². The molecule has 3 amide bonds. The summed E-state index contributed by atoms with van der Waals surface area (Å²) in [5.41, 5.74) is 3.02. The Kier molecular flexibility index (Phi) is 4.43. The second-order valence-electron chi connectivity index (χ2n) is 10.1. The maximum absolute atomic E-state index is 12.9. The highest BCUT2D eigenvalue weighted by atomic mass is 16.2. The first-order chi connectivity index (χ1) is 14.2. The van der Waals surface area contributed by atoms with Crippen molar-refractivity contribution in [2.75, 3.05) is 18.0 Å². The van der Waals surface area contributed by atoms with Crippen molar-refractivity contribution in [1.82, 2.24) is 15.1 Å². The third-order valence-corrected chi connectivity index (χ3v) is 7.23. The summed E-state index contributed by atoms with van der Waals surface area (Å²) in [6.07, 6.45) is 3.12. The third-order valence-electron chi connectivity index (χ3n) is 7.23. The van der Waals surface area contributed by atoms with Crippen LogP contribution in [0.1, 0.15) is 62.4 Å². The molecule has 1 N–H and O–H groups in total. The van der Waals surface area contributed by atoms with Gasteiger partial charge in [-0.2, -0.15) is 0 Å². The maximum atomic E-state index is 12.9. The van der Waals surface area contributed by atoms with E-state index in [0.717, 1.165) is 18.7 Å². The zero-order valence-corrected chi connectivity index (χ0v) is 18.0. The Hall–Kier alpha value is -2.41. The molecular weight excluding hydrogens is 380 g/mol. The number of imide groups is 1. The van der Waals surface area contributed by atoms with E-state index in [0.29, 0.717) is 30.6 Å². The van der Waals surface area contributed by atoms with Crippen LogP contribution in [0.4, 0.5) is 5.69 Å². The van der Waals surface area contributed by atoms with Gasteiger partial charge in [-0.1, -0.05) is 0 Å². The van der Waals surface area contributed by atoms with Crippen LogP contribution in [0.5, 0.6) is 0 Å². The molecule has 0 aliphatic carbocycles. The molecule has 5 heterocycles. The van der Waals surface area contributed by atoms with Crippen LogP contribution in [0.3, 0.4) is 0 Å². The Balaban J connectivity index is 1.36. The fourth-order valence-corrected chi connectivity index (χ4v) is 5.71. The number of rotatable bonds is 2. The highest BCUT2D eigenvalue weighted by Crippen LogP contribution is 2.38. The molecule has 5 aliphatic heterocycles. The summed E-state index contributed by atoms with van der Waals surface area (Å²) in [5.74, 6) is -0.722. The zero-order valence-electron chi connectivity index (χ0n) is 18.0. The average Bonchev–Trinajstić information content (AvgIpc) is 3.03. The van der Waals surface area contributed by atoms with Gasteiger partial charge in [0.25, 0.3) is 5.91 Å². The van der Waals surface area contributed by atoms with Gasteiger partial charge in [-0.05, 0) is 63.8 Å². The molecular formula is C23H30N4O3. The van der Waals surface area contributed by atoms with Crippen molar-refractivity contribution in [2.45, 2.75) is 76.7 Å². The lowest BCUT2D eigenvalue weighted by molar-refractivity contribution is -0.136. The number of nitrogens with zero attached hydrogens (tertiary/aromatic N) is 3. The van der Waals surface area contributed by atoms with E-state index in [1.807, 2.05) is 6.07 Å². The lowest BCUT2D eigenvalue weighted by Gasteiger charge is -2.56. The third kappa shape index (κ3) is 3.11. The minimum atomic E-state index is -0.558. The maximum Gasteiger partial charge on any atom is 0.255 e. The van der Waals surface area contributed by atoms with E-state index in [1.165, 1.54) is 18.5 Å². The van der Waals surface area contributed by atoms with Crippen LogP contribution in [0.2, 0.25) is 0 Å². The molecule has 4 fully saturated rings. The first-order valence-corrected chi connectivity index (χ1v) is 11.0.